The minimum atomic E-state index is 0.0126. The number of fused-ring (bicyclic) bond motifs is 2. The van der Waals surface area contributed by atoms with Crippen molar-refractivity contribution in [3.63, 3.8) is 0 Å². The molecule has 0 unspecified atom stereocenters. The number of nitrogens with zero attached hydrogens (tertiary/aromatic N) is 3. The number of likely N-dealkylation sites (tertiary alicyclic amines) is 1. The highest BCUT2D eigenvalue weighted by atomic mass is 16.2. The molecule has 2 N–H and O–H groups in total. The molecule has 0 radical (unpaired) electrons. The topological polar surface area (TPSA) is 77.7 Å². The van der Waals surface area contributed by atoms with Gasteiger partial charge in [-0.2, -0.15) is 5.10 Å². The van der Waals surface area contributed by atoms with Crippen LogP contribution >= 0.6 is 0 Å². The summed E-state index contributed by atoms with van der Waals surface area (Å²) in [6.07, 6.45) is 5.01. The number of carbonyl (C=O) groups excluding carboxylic acids is 1. The first-order valence-corrected chi connectivity index (χ1v) is 8.63. The molecule has 1 amide bonds. The van der Waals surface area contributed by atoms with Crippen LogP contribution in [-0.2, 0) is 12.8 Å². The molecular weight excluding hydrogens is 302 g/mol. The first-order chi connectivity index (χ1) is 11.8. The molecule has 1 aromatic carbocycles. The van der Waals surface area contributed by atoms with Gasteiger partial charge in [-0.3, -0.25) is 9.89 Å². The standard InChI is InChI=1S/C18H19N5O/c24-18(16-11-5-3-8-12(11)21-22-16)23-10-4-9-15(23)17-19-13-6-1-2-7-14(13)20-17/h1-2,6-7,15H,3-5,8-10H2,(H,19,20)(H,21,22)/t15-/m0/s1. The third kappa shape index (κ3) is 1.99. The van der Waals surface area contributed by atoms with Crippen molar-refractivity contribution in [1.29, 1.82) is 0 Å². The van der Waals surface area contributed by atoms with E-state index in [1.165, 1.54) is 0 Å². The number of hydrogen-bond donors (Lipinski definition) is 2. The second-order valence-corrected chi connectivity index (χ2v) is 6.68. The second-order valence-electron chi connectivity index (χ2n) is 6.68. The van der Waals surface area contributed by atoms with Crippen LogP contribution in [0.2, 0.25) is 0 Å². The molecule has 3 aromatic rings. The fourth-order valence-corrected chi connectivity index (χ4v) is 4.06. The van der Waals surface area contributed by atoms with E-state index in [0.717, 1.165) is 66.8 Å². The number of nitrogens with one attached hydrogen (secondary N) is 2. The Balaban J connectivity index is 1.49. The number of aryl methyl sites for hydroxylation is 1. The van der Waals surface area contributed by atoms with E-state index in [0.29, 0.717) is 5.69 Å². The largest absolute Gasteiger partial charge is 0.340 e. The van der Waals surface area contributed by atoms with Crippen LogP contribution in [0, 0.1) is 0 Å². The van der Waals surface area contributed by atoms with Gasteiger partial charge >= 0.3 is 0 Å². The Hall–Kier alpha value is -2.63. The van der Waals surface area contributed by atoms with Crippen LogP contribution in [0.1, 0.15) is 52.9 Å². The van der Waals surface area contributed by atoms with Crippen molar-refractivity contribution in [3.05, 3.63) is 47.0 Å². The van der Waals surface area contributed by atoms with Crippen molar-refractivity contribution in [2.75, 3.05) is 6.54 Å². The minimum absolute atomic E-state index is 0.0126. The molecule has 122 valence electrons. The van der Waals surface area contributed by atoms with Gasteiger partial charge in [-0.1, -0.05) is 12.1 Å². The Morgan fingerprint density at radius 1 is 1.21 bits per heavy atom. The van der Waals surface area contributed by atoms with E-state index < -0.39 is 0 Å². The smallest absolute Gasteiger partial charge is 0.275 e. The van der Waals surface area contributed by atoms with Gasteiger partial charge in [0.05, 0.1) is 17.1 Å². The minimum Gasteiger partial charge on any atom is -0.340 e. The molecule has 1 saturated heterocycles. The van der Waals surface area contributed by atoms with Crippen molar-refractivity contribution >= 4 is 16.9 Å². The molecular formula is C18H19N5O. The van der Waals surface area contributed by atoms with Gasteiger partial charge in [0, 0.05) is 17.8 Å². The summed E-state index contributed by atoms with van der Waals surface area (Å²) in [6, 6.07) is 8.01. The lowest BCUT2D eigenvalue weighted by Gasteiger charge is -2.22. The van der Waals surface area contributed by atoms with Gasteiger partial charge < -0.3 is 9.88 Å². The number of imidazole rings is 1. The number of carbonyl (C=O) groups is 1. The first-order valence-electron chi connectivity index (χ1n) is 8.63. The average molecular weight is 321 g/mol. The Morgan fingerprint density at radius 2 is 2.12 bits per heavy atom. The van der Waals surface area contributed by atoms with E-state index in [1.54, 1.807) is 0 Å². The normalized spacial score (nSPS) is 20.0. The molecule has 1 fully saturated rings. The summed E-state index contributed by atoms with van der Waals surface area (Å²) in [7, 11) is 0. The van der Waals surface area contributed by atoms with Crippen LogP contribution in [0.3, 0.4) is 0 Å². The summed E-state index contributed by atoms with van der Waals surface area (Å²) >= 11 is 0. The molecule has 5 rings (SSSR count). The number of aromatic nitrogens is 4. The number of H-pyrrole nitrogens is 2. The number of para-hydroxylation sites is 2. The second kappa shape index (κ2) is 5.19. The van der Waals surface area contributed by atoms with Crippen LogP contribution in [0.15, 0.2) is 24.3 Å². The Labute approximate surface area is 139 Å². The van der Waals surface area contributed by atoms with Crippen molar-refractivity contribution in [2.24, 2.45) is 0 Å². The third-order valence-electron chi connectivity index (χ3n) is 5.25. The van der Waals surface area contributed by atoms with E-state index in [1.807, 2.05) is 29.2 Å². The lowest BCUT2D eigenvalue weighted by Crippen LogP contribution is -2.32. The van der Waals surface area contributed by atoms with Crippen molar-refractivity contribution in [2.45, 2.75) is 38.1 Å². The number of hydrogen-bond acceptors (Lipinski definition) is 3. The highest BCUT2D eigenvalue weighted by Gasteiger charge is 2.35. The molecule has 1 aliphatic carbocycles. The lowest BCUT2D eigenvalue weighted by molar-refractivity contribution is 0.0723. The maximum Gasteiger partial charge on any atom is 0.275 e. The van der Waals surface area contributed by atoms with E-state index in [-0.39, 0.29) is 11.9 Å². The van der Waals surface area contributed by atoms with Gasteiger partial charge in [-0.05, 0) is 44.2 Å². The van der Waals surface area contributed by atoms with E-state index >= 15 is 0 Å². The van der Waals surface area contributed by atoms with E-state index in [9.17, 15) is 4.79 Å². The highest BCUT2D eigenvalue weighted by Crippen LogP contribution is 2.34. The van der Waals surface area contributed by atoms with E-state index in [4.69, 9.17) is 4.98 Å². The summed E-state index contributed by atoms with van der Waals surface area (Å²) in [5.41, 5.74) is 4.85. The van der Waals surface area contributed by atoms with Crippen molar-refractivity contribution in [1.82, 2.24) is 25.1 Å². The van der Waals surface area contributed by atoms with Crippen LogP contribution < -0.4 is 0 Å². The summed E-state index contributed by atoms with van der Waals surface area (Å²) in [6.45, 7) is 0.766. The molecule has 1 aliphatic heterocycles. The van der Waals surface area contributed by atoms with E-state index in [2.05, 4.69) is 15.2 Å². The molecule has 2 aliphatic rings. The third-order valence-corrected chi connectivity index (χ3v) is 5.25. The fraction of sp³-hybridized carbons (Fsp3) is 0.389. The van der Waals surface area contributed by atoms with Gasteiger partial charge in [-0.15, -0.1) is 0 Å². The van der Waals surface area contributed by atoms with Crippen LogP contribution in [0.5, 0.6) is 0 Å². The molecule has 6 heteroatoms. The molecule has 0 spiro atoms. The zero-order chi connectivity index (χ0) is 16.1. The van der Waals surface area contributed by atoms with Gasteiger partial charge in [-0.25, -0.2) is 4.98 Å². The number of benzene rings is 1. The zero-order valence-corrected chi connectivity index (χ0v) is 13.4. The average Bonchev–Trinajstić information content (AvgIpc) is 3.34. The molecule has 6 nitrogen and oxygen atoms in total. The maximum atomic E-state index is 13.1. The lowest BCUT2D eigenvalue weighted by atomic mass is 10.1. The van der Waals surface area contributed by atoms with Crippen molar-refractivity contribution in [3.8, 4) is 0 Å². The molecule has 0 bridgehead atoms. The van der Waals surface area contributed by atoms with Crippen LogP contribution in [0.4, 0.5) is 0 Å². The first kappa shape index (κ1) is 13.8. The number of aromatic amines is 2. The predicted molar refractivity (Wildman–Crippen MR) is 89.7 cm³/mol. The predicted octanol–water partition coefficient (Wildman–Crippen LogP) is 2.75. The molecule has 24 heavy (non-hydrogen) atoms. The summed E-state index contributed by atoms with van der Waals surface area (Å²) in [4.78, 5) is 23.1. The fourth-order valence-electron chi connectivity index (χ4n) is 4.06. The number of rotatable bonds is 2. The monoisotopic (exact) mass is 321 g/mol. The SMILES string of the molecule is O=C(c1n[nH]c2c1CCC2)N1CCC[C@H]1c1nc2ccccc2[nH]1. The Kier molecular flexibility index (Phi) is 2.98. The Bertz CT molecular complexity index is 892. The molecule has 2 aromatic heterocycles. The molecule has 0 saturated carbocycles. The van der Waals surface area contributed by atoms with Gasteiger partial charge in [0.1, 0.15) is 5.82 Å². The summed E-state index contributed by atoms with van der Waals surface area (Å²) in [5.74, 6) is 0.923. The zero-order valence-electron chi connectivity index (χ0n) is 13.4. The van der Waals surface area contributed by atoms with Crippen molar-refractivity contribution < 1.29 is 4.79 Å². The summed E-state index contributed by atoms with van der Waals surface area (Å²) in [5, 5.41) is 7.35. The van der Waals surface area contributed by atoms with Gasteiger partial charge in [0.15, 0.2) is 5.69 Å². The van der Waals surface area contributed by atoms with Crippen LogP contribution in [-0.4, -0.2) is 37.5 Å². The quantitative estimate of drug-likeness (QED) is 0.762. The molecule has 1 atom stereocenters. The highest BCUT2D eigenvalue weighted by molar-refractivity contribution is 5.94. The van der Waals surface area contributed by atoms with Gasteiger partial charge in [0.25, 0.3) is 5.91 Å². The number of amides is 1. The maximum absolute atomic E-state index is 13.1. The Morgan fingerprint density at radius 3 is 3.04 bits per heavy atom. The van der Waals surface area contributed by atoms with Crippen LogP contribution in [0.25, 0.3) is 11.0 Å². The summed E-state index contributed by atoms with van der Waals surface area (Å²) < 4.78 is 0. The van der Waals surface area contributed by atoms with Gasteiger partial charge in [0.2, 0.25) is 0 Å². The molecule has 3 heterocycles.